The van der Waals surface area contributed by atoms with E-state index in [2.05, 4.69) is 20.1 Å². The summed E-state index contributed by atoms with van der Waals surface area (Å²) in [5.41, 5.74) is 0.812. The molecular weight excluding hydrogens is 368 g/mol. The van der Waals surface area contributed by atoms with E-state index in [4.69, 9.17) is 4.52 Å². The van der Waals surface area contributed by atoms with Crippen LogP contribution in [-0.2, 0) is 23.5 Å². The van der Waals surface area contributed by atoms with Crippen molar-refractivity contribution >= 4 is 10.0 Å². The molecule has 3 aromatic heterocycles. The Morgan fingerprint density at radius 2 is 2.11 bits per heavy atom. The fraction of sp³-hybridized carbons (Fsp3) is 0.412. The summed E-state index contributed by atoms with van der Waals surface area (Å²) in [7, 11) is -1.82. The summed E-state index contributed by atoms with van der Waals surface area (Å²) in [6, 6.07) is 3.61. The van der Waals surface area contributed by atoms with Crippen LogP contribution in [0.25, 0.3) is 11.5 Å². The normalized spacial score (nSPS) is 18.6. The largest absolute Gasteiger partial charge is 0.339 e. The molecule has 0 amide bonds. The number of pyridine rings is 1. The van der Waals surface area contributed by atoms with Crippen LogP contribution in [0.3, 0.4) is 0 Å². The van der Waals surface area contributed by atoms with Crippen LogP contribution >= 0.6 is 0 Å². The molecule has 1 aliphatic heterocycles. The van der Waals surface area contributed by atoms with Crippen molar-refractivity contribution in [1.82, 2.24) is 29.0 Å². The molecule has 1 fully saturated rings. The van der Waals surface area contributed by atoms with E-state index in [1.807, 2.05) is 0 Å². The van der Waals surface area contributed by atoms with Crippen molar-refractivity contribution in [1.29, 1.82) is 0 Å². The smallest absolute Gasteiger partial charge is 0.262 e. The Morgan fingerprint density at radius 1 is 1.30 bits per heavy atom. The highest BCUT2D eigenvalue weighted by Gasteiger charge is 2.32. The minimum Gasteiger partial charge on any atom is -0.339 e. The van der Waals surface area contributed by atoms with E-state index in [1.165, 1.54) is 16.8 Å². The monoisotopic (exact) mass is 388 g/mol. The van der Waals surface area contributed by atoms with Crippen LogP contribution in [0.15, 0.2) is 46.6 Å². The van der Waals surface area contributed by atoms with Crippen LogP contribution in [0.4, 0.5) is 0 Å². The summed E-state index contributed by atoms with van der Waals surface area (Å²) in [6.07, 6.45) is 8.65. The van der Waals surface area contributed by atoms with Gasteiger partial charge in [0, 0.05) is 50.7 Å². The van der Waals surface area contributed by atoms with Crippen LogP contribution in [0.1, 0.15) is 18.7 Å². The summed E-state index contributed by atoms with van der Waals surface area (Å²) in [4.78, 5) is 12.4. The third-order valence-corrected chi connectivity index (χ3v) is 6.38. The van der Waals surface area contributed by atoms with Crippen LogP contribution in [0.2, 0.25) is 0 Å². The predicted octanol–water partition coefficient (Wildman–Crippen LogP) is 1.51. The van der Waals surface area contributed by atoms with E-state index in [9.17, 15) is 8.42 Å². The first-order chi connectivity index (χ1) is 13.0. The Balaban J connectivity index is 1.46. The quantitative estimate of drug-likeness (QED) is 0.652. The third-order valence-electron chi connectivity index (χ3n) is 4.63. The molecule has 0 spiro atoms. The van der Waals surface area contributed by atoms with Crippen LogP contribution in [-0.4, -0.2) is 50.5 Å². The van der Waals surface area contributed by atoms with Gasteiger partial charge in [0.05, 0.1) is 6.33 Å². The van der Waals surface area contributed by atoms with Gasteiger partial charge in [0.2, 0.25) is 0 Å². The number of piperidine rings is 1. The Morgan fingerprint density at radius 3 is 2.85 bits per heavy atom. The zero-order chi connectivity index (χ0) is 18.9. The molecule has 0 aromatic carbocycles. The molecule has 142 valence electrons. The number of sulfonamides is 1. The van der Waals surface area contributed by atoms with E-state index in [0.717, 1.165) is 18.4 Å². The molecule has 9 nitrogen and oxygen atoms in total. The predicted molar refractivity (Wildman–Crippen MR) is 95.9 cm³/mol. The molecule has 0 saturated carbocycles. The Kier molecular flexibility index (Phi) is 4.75. The second-order valence-electron chi connectivity index (χ2n) is 6.70. The Bertz CT molecular complexity index is 1010. The number of aryl methyl sites for hydroxylation is 1. The molecule has 0 N–H and O–H groups in total. The highest BCUT2D eigenvalue weighted by atomic mass is 32.2. The lowest BCUT2D eigenvalue weighted by Crippen LogP contribution is -2.40. The summed E-state index contributed by atoms with van der Waals surface area (Å²) in [5, 5.41) is 4.13. The first-order valence-corrected chi connectivity index (χ1v) is 10.2. The van der Waals surface area contributed by atoms with Crippen molar-refractivity contribution in [3.63, 3.8) is 0 Å². The van der Waals surface area contributed by atoms with E-state index >= 15 is 0 Å². The maximum Gasteiger partial charge on any atom is 0.262 e. The van der Waals surface area contributed by atoms with E-state index < -0.39 is 10.0 Å². The molecule has 1 aliphatic rings. The van der Waals surface area contributed by atoms with Crippen molar-refractivity contribution < 1.29 is 12.9 Å². The highest BCUT2D eigenvalue weighted by Crippen LogP contribution is 2.25. The summed E-state index contributed by atoms with van der Waals surface area (Å²) in [6.45, 7) is 0.932. The fourth-order valence-electron chi connectivity index (χ4n) is 3.27. The van der Waals surface area contributed by atoms with Crippen LogP contribution in [0.5, 0.6) is 0 Å². The van der Waals surface area contributed by atoms with Gasteiger partial charge in [-0.2, -0.15) is 9.29 Å². The molecule has 4 heterocycles. The van der Waals surface area contributed by atoms with Gasteiger partial charge in [-0.1, -0.05) is 5.16 Å². The van der Waals surface area contributed by atoms with Gasteiger partial charge in [0.1, 0.15) is 0 Å². The van der Waals surface area contributed by atoms with E-state index in [0.29, 0.717) is 31.2 Å². The van der Waals surface area contributed by atoms with E-state index in [-0.39, 0.29) is 10.9 Å². The van der Waals surface area contributed by atoms with Gasteiger partial charge < -0.3 is 9.09 Å². The second-order valence-corrected chi connectivity index (χ2v) is 8.59. The summed E-state index contributed by atoms with van der Waals surface area (Å²) >= 11 is 0. The molecule has 1 atom stereocenters. The number of hydrogen-bond donors (Lipinski definition) is 0. The molecule has 0 aliphatic carbocycles. The van der Waals surface area contributed by atoms with Crippen LogP contribution in [0, 0.1) is 5.92 Å². The molecule has 10 heteroatoms. The van der Waals surface area contributed by atoms with Gasteiger partial charge in [-0.05, 0) is 30.9 Å². The fourth-order valence-corrected chi connectivity index (χ4v) is 4.79. The number of rotatable bonds is 5. The van der Waals surface area contributed by atoms with Crippen molar-refractivity contribution in [2.75, 3.05) is 13.1 Å². The minimum absolute atomic E-state index is 0.0881. The minimum atomic E-state index is -3.57. The maximum absolute atomic E-state index is 12.8. The van der Waals surface area contributed by atoms with E-state index in [1.54, 1.807) is 36.1 Å². The van der Waals surface area contributed by atoms with Crippen molar-refractivity contribution in [3.05, 3.63) is 42.9 Å². The topological polar surface area (TPSA) is 107 Å². The highest BCUT2D eigenvalue weighted by molar-refractivity contribution is 7.89. The molecule has 27 heavy (non-hydrogen) atoms. The Hall–Kier alpha value is -2.59. The van der Waals surface area contributed by atoms with Gasteiger partial charge in [-0.15, -0.1) is 0 Å². The van der Waals surface area contributed by atoms with Gasteiger partial charge in [0.25, 0.3) is 15.9 Å². The Labute approximate surface area is 157 Å². The van der Waals surface area contributed by atoms with Crippen LogP contribution < -0.4 is 0 Å². The zero-order valence-electron chi connectivity index (χ0n) is 14.9. The lowest BCUT2D eigenvalue weighted by molar-refractivity contribution is 0.260. The summed E-state index contributed by atoms with van der Waals surface area (Å²) < 4.78 is 34.0. The van der Waals surface area contributed by atoms with Crippen molar-refractivity contribution in [2.45, 2.75) is 24.3 Å². The molecule has 0 radical (unpaired) electrons. The lowest BCUT2D eigenvalue weighted by atomic mass is 9.96. The first-order valence-electron chi connectivity index (χ1n) is 8.73. The number of aromatic nitrogens is 5. The van der Waals surface area contributed by atoms with Gasteiger partial charge >= 0.3 is 0 Å². The second kappa shape index (κ2) is 7.20. The average Bonchev–Trinajstić information content (AvgIpc) is 3.32. The molecule has 1 unspecified atom stereocenters. The third kappa shape index (κ3) is 3.76. The average molecular weight is 388 g/mol. The maximum atomic E-state index is 12.8. The molecule has 1 saturated heterocycles. The first kappa shape index (κ1) is 17.8. The molecule has 3 aromatic rings. The van der Waals surface area contributed by atoms with Gasteiger partial charge in [0.15, 0.2) is 10.9 Å². The number of nitrogens with zero attached hydrogens (tertiary/aromatic N) is 6. The van der Waals surface area contributed by atoms with Crippen molar-refractivity contribution in [2.24, 2.45) is 13.0 Å². The van der Waals surface area contributed by atoms with Crippen molar-refractivity contribution in [3.8, 4) is 11.5 Å². The zero-order valence-corrected chi connectivity index (χ0v) is 15.7. The van der Waals surface area contributed by atoms with Gasteiger partial charge in [-0.3, -0.25) is 4.98 Å². The number of imidazole rings is 1. The van der Waals surface area contributed by atoms with Gasteiger partial charge in [-0.25, -0.2) is 13.4 Å². The lowest BCUT2D eigenvalue weighted by Gasteiger charge is -2.30. The standard InChI is InChI=1S/C17H20N6O3S/c1-22-11-16(19-12-22)27(24,25)23-8-2-3-13(10-23)9-15-20-17(26-21-15)14-4-6-18-7-5-14/h4-7,11-13H,2-3,8-10H2,1H3. The summed E-state index contributed by atoms with van der Waals surface area (Å²) in [5.74, 6) is 1.17. The number of hydrogen-bond acceptors (Lipinski definition) is 7. The molecule has 0 bridgehead atoms. The molecular formula is C17H20N6O3S. The molecule has 4 rings (SSSR count). The SMILES string of the molecule is Cn1cnc(S(=O)(=O)N2CCCC(Cc3noc(-c4ccncc4)n3)C2)c1.